The molecule has 0 amide bonds. The summed E-state index contributed by atoms with van der Waals surface area (Å²) in [7, 11) is 0. The summed E-state index contributed by atoms with van der Waals surface area (Å²) < 4.78 is 14.6. The Morgan fingerprint density at radius 1 is 0.674 bits per heavy atom. The molecule has 0 radical (unpaired) electrons. The molecule has 4 bridgehead atoms. The maximum absolute atomic E-state index is 7.33. The molecule has 8 heteroatoms. The van der Waals surface area contributed by atoms with Crippen LogP contribution in [0.15, 0.2) is 5.16 Å². The Hall–Kier alpha value is -0.770. The van der Waals surface area contributed by atoms with Crippen molar-refractivity contribution in [3.63, 3.8) is 0 Å². The summed E-state index contributed by atoms with van der Waals surface area (Å²) in [5.41, 5.74) is -0.768. The lowest BCUT2D eigenvalue weighted by Crippen LogP contribution is -2.71. The number of fused-ring (bicyclic) bond motifs is 4. The van der Waals surface area contributed by atoms with Crippen molar-refractivity contribution in [2.45, 2.75) is 185 Å². The molecule has 4 saturated carbocycles. The van der Waals surface area contributed by atoms with Gasteiger partial charge in [-0.25, -0.2) is 19.6 Å². The van der Waals surface area contributed by atoms with E-state index in [0.29, 0.717) is 47.8 Å². The van der Waals surface area contributed by atoms with Gasteiger partial charge in [0.1, 0.15) is 34.1 Å². The van der Waals surface area contributed by atoms with Crippen LogP contribution in [0.5, 0.6) is 0 Å². The van der Waals surface area contributed by atoms with Crippen LogP contribution in [0.3, 0.4) is 0 Å². The van der Waals surface area contributed by atoms with Crippen molar-refractivity contribution in [2.24, 2.45) is 52.5 Å². The van der Waals surface area contributed by atoms with Gasteiger partial charge in [0.25, 0.3) is 0 Å². The van der Waals surface area contributed by atoms with Crippen molar-refractivity contribution in [1.29, 1.82) is 0 Å². The summed E-state index contributed by atoms with van der Waals surface area (Å²) in [5.74, 6) is 3.38. The SMILES string of the molecule is C[C@H]1[C@@H](/C(C[C@H]2O[C@@H]3C[C@@]4(C)CC[C@H]5[C@H](C)CC[C@@H]([C@H]2C)[C@@]35OO4)=N\OC(C)(C)C)O[C@@H]2C[C@@]3(C)CC[C@H]4[C@H](C)CC[C@@H]1[C@@]24OO3. The third-order valence-electron chi connectivity index (χ3n) is 14.7. The average Bonchev–Trinajstić information content (AvgIpc) is 3.37. The van der Waals surface area contributed by atoms with Crippen molar-refractivity contribution in [2.75, 3.05) is 0 Å². The molecule has 4 aliphatic carbocycles. The molecule has 6 heterocycles. The smallest absolute Gasteiger partial charge is 0.136 e. The molecule has 10 rings (SSSR count). The highest BCUT2D eigenvalue weighted by molar-refractivity contribution is 5.89. The normalized spacial score (nSPS) is 56.4. The molecule has 6 saturated heterocycles. The molecule has 6 aliphatic heterocycles. The van der Waals surface area contributed by atoms with E-state index in [-0.39, 0.29) is 52.7 Å². The molecule has 0 N–H and O–H groups in total. The Morgan fingerprint density at radius 2 is 1.20 bits per heavy atom. The van der Waals surface area contributed by atoms with Gasteiger partial charge in [-0.1, -0.05) is 32.9 Å². The minimum Gasteiger partial charge on any atom is -0.390 e. The first-order chi connectivity index (χ1) is 21.7. The van der Waals surface area contributed by atoms with Crippen molar-refractivity contribution in [1.82, 2.24) is 0 Å². The van der Waals surface area contributed by atoms with Gasteiger partial charge in [0, 0.05) is 19.3 Å². The van der Waals surface area contributed by atoms with Gasteiger partial charge in [-0.15, -0.1) is 0 Å². The van der Waals surface area contributed by atoms with Gasteiger partial charge in [-0.05, 0) is 133 Å². The molecule has 10 aliphatic rings. The fourth-order valence-electron chi connectivity index (χ4n) is 12.2. The Kier molecular flexibility index (Phi) is 7.66. The largest absolute Gasteiger partial charge is 0.390 e. The first kappa shape index (κ1) is 32.4. The summed E-state index contributed by atoms with van der Waals surface area (Å²) >= 11 is 0. The topological polar surface area (TPSA) is 77.0 Å². The third-order valence-corrected chi connectivity index (χ3v) is 14.7. The number of hydrogen-bond donors (Lipinski definition) is 0. The zero-order valence-corrected chi connectivity index (χ0v) is 30.0. The van der Waals surface area contributed by atoms with Crippen LogP contribution < -0.4 is 0 Å². The molecule has 0 aromatic rings. The molecule has 8 nitrogen and oxygen atoms in total. The van der Waals surface area contributed by atoms with E-state index in [0.717, 1.165) is 57.1 Å². The fraction of sp³-hybridized carbons (Fsp3) is 0.974. The highest BCUT2D eigenvalue weighted by Gasteiger charge is 2.70. The van der Waals surface area contributed by atoms with Gasteiger partial charge in [0.15, 0.2) is 0 Å². The van der Waals surface area contributed by atoms with Crippen LogP contribution in [0.4, 0.5) is 0 Å². The number of ether oxygens (including phenoxy) is 2. The molecule has 0 aromatic carbocycles. The monoisotopic (exact) mass is 643 g/mol. The van der Waals surface area contributed by atoms with Gasteiger partial charge >= 0.3 is 0 Å². The van der Waals surface area contributed by atoms with Gasteiger partial charge in [0.05, 0.1) is 24.0 Å². The summed E-state index contributed by atoms with van der Waals surface area (Å²) in [6, 6.07) is 0. The number of hydrogen-bond acceptors (Lipinski definition) is 8. The second-order valence-electron chi connectivity index (χ2n) is 18.9. The number of oxime groups is 1. The Balaban J connectivity index is 1.13. The van der Waals surface area contributed by atoms with Gasteiger partial charge < -0.3 is 14.3 Å². The first-order valence-electron chi connectivity index (χ1n) is 19.0. The quantitative estimate of drug-likeness (QED) is 0.175. The second kappa shape index (κ2) is 10.9. The van der Waals surface area contributed by atoms with Crippen molar-refractivity contribution in [3.05, 3.63) is 0 Å². The molecule has 0 unspecified atom stereocenters. The molecular weight excluding hydrogens is 582 g/mol. The summed E-state index contributed by atoms with van der Waals surface area (Å²) in [4.78, 5) is 32.0. The molecule has 0 aromatic heterocycles. The van der Waals surface area contributed by atoms with Crippen LogP contribution in [0, 0.1) is 47.3 Å². The molecular formula is C38H61NO7. The lowest BCUT2D eigenvalue weighted by Gasteiger charge is -2.62. The highest BCUT2D eigenvalue weighted by atomic mass is 17.2. The van der Waals surface area contributed by atoms with Crippen molar-refractivity contribution in [3.8, 4) is 0 Å². The molecule has 16 atom stereocenters. The maximum atomic E-state index is 7.33. The molecule has 10 fully saturated rings. The average molecular weight is 644 g/mol. The van der Waals surface area contributed by atoms with E-state index < -0.39 is 5.60 Å². The molecule has 2 spiro atoms. The highest BCUT2D eigenvalue weighted by Crippen LogP contribution is 2.63. The predicted molar refractivity (Wildman–Crippen MR) is 174 cm³/mol. The van der Waals surface area contributed by atoms with E-state index in [1.807, 2.05) is 0 Å². The first-order valence-corrected chi connectivity index (χ1v) is 19.0. The lowest BCUT2D eigenvalue weighted by atomic mass is 9.55. The van der Waals surface area contributed by atoms with E-state index >= 15 is 0 Å². The predicted octanol–water partition coefficient (Wildman–Crippen LogP) is 7.97. The van der Waals surface area contributed by atoms with Crippen LogP contribution >= 0.6 is 0 Å². The van der Waals surface area contributed by atoms with E-state index in [2.05, 4.69) is 62.3 Å². The van der Waals surface area contributed by atoms with E-state index in [4.69, 9.17) is 39.0 Å². The van der Waals surface area contributed by atoms with Crippen LogP contribution in [0.25, 0.3) is 0 Å². The Bertz CT molecular complexity index is 1220. The van der Waals surface area contributed by atoms with Crippen molar-refractivity contribution < 1.29 is 33.9 Å². The van der Waals surface area contributed by atoms with Crippen LogP contribution in [0.1, 0.15) is 133 Å². The van der Waals surface area contributed by atoms with E-state index in [1.165, 1.54) is 12.8 Å². The summed E-state index contributed by atoms with van der Waals surface area (Å²) in [6.07, 6.45) is 11.4. The van der Waals surface area contributed by atoms with Crippen LogP contribution in [-0.4, -0.2) is 58.1 Å². The number of rotatable bonds is 4. The minimum absolute atomic E-state index is 0.0112. The fourth-order valence-corrected chi connectivity index (χ4v) is 12.2. The maximum Gasteiger partial charge on any atom is 0.136 e. The van der Waals surface area contributed by atoms with Crippen LogP contribution in [-0.2, 0) is 33.9 Å². The standard InChI is InChI=1S/C38H61NO7/c1-21-10-12-27-23(3)30(40-31-19-35(8)16-14-25(21)37(27,31)45-43-35)18-29(39-42-34(5,6)7)33-24(4)28-13-11-22(2)26-15-17-36(9)20-32(41-33)38(26,28)46-44-36/h21-28,30-33H,10-20H2,1-9H3/b39-29-/t21-,22-,23-,24-,25+,26+,27+,28+,30-,31-,32-,33+,35-,36-,37-,38-/m1/s1. The van der Waals surface area contributed by atoms with Crippen molar-refractivity contribution >= 4 is 5.71 Å². The molecule has 46 heavy (non-hydrogen) atoms. The number of nitrogens with zero attached hydrogens (tertiary/aromatic N) is 1. The Morgan fingerprint density at radius 3 is 1.74 bits per heavy atom. The van der Waals surface area contributed by atoms with Crippen LogP contribution in [0.2, 0.25) is 0 Å². The van der Waals surface area contributed by atoms with Gasteiger partial charge in [-0.2, -0.15) is 0 Å². The minimum atomic E-state index is -0.405. The molecule has 260 valence electrons. The summed E-state index contributed by atoms with van der Waals surface area (Å²) in [5, 5.41) is 5.01. The van der Waals surface area contributed by atoms with E-state index in [9.17, 15) is 0 Å². The van der Waals surface area contributed by atoms with Gasteiger partial charge in [-0.3, -0.25) is 0 Å². The Labute approximate surface area is 277 Å². The second-order valence-corrected chi connectivity index (χ2v) is 18.9. The third kappa shape index (κ3) is 4.76. The zero-order chi connectivity index (χ0) is 32.4. The lowest BCUT2D eigenvalue weighted by molar-refractivity contribution is -0.487. The summed E-state index contributed by atoms with van der Waals surface area (Å²) in [6.45, 7) is 20.2. The van der Waals surface area contributed by atoms with Gasteiger partial charge in [0.2, 0.25) is 0 Å². The zero-order valence-electron chi connectivity index (χ0n) is 30.0. The van der Waals surface area contributed by atoms with E-state index in [1.54, 1.807) is 0 Å².